The Balaban J connectivity index is 1.24. The number of aromatic nitrogens is 4. The minimum atomic E-state index is -0.447. The molecule has 3 N–H and O–H groups in total. The molecule has 42 heavy (non-hydrogen) atoms. The Morgan fingerprint density at radius 3 is 2.81 bits per heavy atom. The summed E-state index contributed by atoms with van der Waals surface area (Å²) < 4.78 is 12.8. The number of carbonyl (C=O) groups is 2. The fourth-order valence-electron chi connectivity index (χ4n) is 5.12. The van der Waals surface area contributed by atoms with E-state index in [1.165, 1.54) is 0 Å². The van der Waals surface area contributed by atoms with Crippen molar-refractivity contribution >= 4 is 28.7 Å². The van der Waals surface area contributed by atoms with E-state index < -0.39 is 5.97 Å². The fourth-order valence-corrected chi connectivity index (χ4v) is 5.12. The number of aryl methyl sites for hydroxylation is 1. The molecule has 12 heteroatoms. The van der Waals surface area contributed by atoms with E-state index in [-0.39, 0.29) is 31.6 Å². The number of nitrogens with one attached hydrogen (secondary N) is 2. The Kier molecular flexibility index (Phi) is 8.41. The van der Waals surface area contributed by atoms with Crippen LogP contribution in [0.15, 0.2) is 47.6 Å². The number of carbonyl (C=O) groups excluding carboxylic acids is 2. The van der Waals surface area contributed by atoms with Crippen LogP contribution in [0.1, 0.15) is 70.4 Å². The van der Waals surface area contributed by atoms with Crippen LogP contribution < -0.4 is 10.1 Å². The van der Waals surface area contributed by atoms with Crippen LogP contribution in [0.5, 0.6) is 5.75 Å². The Morgan fingerprint density at radius 2 is 2.02 bits per heavy atom. The summed E-state index contributed by atoms with van der Waals surface area (Å²) in [6.45, 7) is 7.65. The molecule has 0 saturated heterocycles. The summed E-state index contributed by atoms with van der Waals surface area (Å²) in [4.78, 5) is 40.2. The molecule has 3 heterocycles. The summed E-state index contributed by atoms with van der Waals surface area (Å²) in [6, 6.07) is 12.3. The number of benzene rings is 2. The van der Waals surface area contributed by atoms with Gasteiger partial charge < -0.3 is 34.4 Å². The second kappa shape index (κ2) is 12.3. The standard InChI is InChI=1S/C30H35N7O5/c1-5-41-30(39)21-8-6-7-9-26(21)42-15-13-31-29(38)20-10-11-23-25(16-20)36(4)28(34-23)18(2)27-32-22-12-14-37(19(3)35-40)17-24(22)33-27/h6-11,16,18,40H,5,12-15,17H2,1-4H3,(H,31,38)(H,32,33)/b35-19+. The Morgan fingerprint density at radius 1 is 1.21 bits per heavy atom. The quantitative estimate of drug-likeness (QED) is 0.0687. The van der Waals surface area contributed by atoms with E-state index in [1.807, 2.05) is 28.6 Å². The number of amidine groups is 1. The molecule has 5 rings (SSSR count). The maximum Gasteiger partial charge on any atom is 0.341 e. The van der Waals surface area contributed by atoms with Crippen molar-refractivity contribution < 1.29 is 24.3 Å². The lowest BCUT2D eigenvalue weighted by Crippen LogP contribution is -2.34. The number of esters is 1. The summed E-state index contributed by atoms with van der Waals surface area (Å²) in [5.41, 5.74) is 4.50. The van der Waals surface area contributed by atoms with Gasteiger partial charge in [0.2, 0.25) is 0 Å². The van der Waals surface area contributed by atoms with Crippen molar-refractivity contribution in [3.63, 3.8) is 0 Å². The van der Waals surface area contributed by atoms with E-state index in [4.69, 9.17) is 24.6 Å². The molecular weight excluding hydrogens is 538 g/mol. The highest BCUT2D eigenvalue weighted by Crippen LogP contribution is 2.28. The molecule has 2 aromatic heterocycles. The number of fused-ring (bicyclic) bond motifs is 2. The van der Waals surface area contributed by atoms with Crippen molar-refractivity contribution in [3.8, 4) is 5.75 Å². The molecule has 1 amide bonds. The fraction of sp³-hybridized carbons (Fsp3) is 0.367. The van der Waals surface area contributed by atoms with Gasteiger partial charge >= 0.3 is 5.97 Å². The molecule has 0 bridgehead atoms. The maximum atomic E-state index is 12.9. The Bertz CT molecular complexity index is 1640. The number of hydrogen-bond donors (Lipinski definition) is 3. The lowest BCUT2D eigenvalue weighted by atomic mass is 10.1. The maximum absolute atomic E-state index is 12.9. The monoisotopic (exact) mass is 573 g/mol. The van der Waals surface area contributed by atoms with Crippen LogP contribution in [0.4, 0.5) is 0 Å². The molecule has 0 fully saturated rings. The van der Waals surface area contributed by atoms with Crippen LogP contribution in [-0.2, 0) is 24.8 Å². The predicted octanol–water partition coefficient (Wildman–Crippen LogP) is 3.60. The third-order valence-corrected chi connectivity index (χ3v) is 7.46. The summed E-state index contributed by atoms with van der Waals surface area (Å²) in [5.74, 6) is 1.84. The van der Waals surface area contributed by atoms with Gasteiger partial charge in [0.25, 0.3) is 5.91 Å². The molecule has 1 aliphatic heterocycles. The number of nitrogens with zero attached hydrogens (tertiary/aromatic N) is 5. The number of aromatic amines is 1. The molecule has 220 valence electrons. The minimum Gasteiger partial charge on any atom is -0.491 e. The smallest absolute Gasteiger partial charge is 0.341 e. The van der Waals surface area contributed by atoms with E-state index in [0.29, 0.717) is 29.3 Å². The number of hydrogen-bond acceptors (Lipinski definition) is 8. The Labute approximate surface area is 243 Å². The SMILES string of the molecule is CCOC(=O)c1ccccc1OCCNC(=O)c1ccc2nc(C(C)c3nc4c([nH]3)CN(/C(C)=N/O)CC4)n(C)c2c1. The molecule has 12 nitrogen and oxygen atoms in total. The number of ether oxygens (including phenoxy) is 2. The first kappa shape index (κ1) is 28.7. The molecule has 2 aromatic carbocycles. The van der Waals surface area contributed by atoms with Gasteiger partial charge in [0, 0.05) is 25.6 Å². The third kappa shape index (κ3) is 5.78. The highest BCUT2D eigenvalue weighted by Gasteiger charge is 2.25. The van der Waals surface area contributed by atoms with Gasteiger partial charge in [0.15, 0.2) is 0 Å². The average Bonchev–Trinajstić information content (AvgIpc) is 3.59. The highest BCUT2D eigenvalue weighted by molar-refractivity contribution is 5.97. The van der Waals surface area contributed by atoms with Gasteiger partial charge in [-0.15, -0.1) is 0 Å². The Hall–Kier alpha value is -4.87. The zero-order valence-corrected chi connectivity index (χ0v) is 24.2. The van der Waals surface area contributed by atoms with Gasteiger partial charge in [0.1, 0.15) is 35.4 Å². The van der Waals surface area contributed by atoms with Crippen LogP contribution >= 0.6 is 0 Å². The van der Waals surface area contributed by atoms with E-state index in [9.17, 15) is 9.59 Å². The number of H-pyrrole nitrogens is 1. The van der Waals surface area contributed by atoms with Crippen molar-refractivity contribution in [2.24, 2.45) is 12.2 Å². The zero-order chi connectivity index (χ0) is 29.8. The van der Waals surface area contributed by atoms with Crippen LogP contribution in [0.2, 0.25) is 0 Å². The van der Waals surface area contributed by atoms with Gasteiger partial charge in [-0.1, -0.05) is 17.3 Å². The van der Waals surface area contributed by atoms with E-state index in [0.717, 1.165) is 47.0 Å². The van der Waals surface area contributed by atoms with Crippen LogP contribution in [0.25, 0.3) is 11.0 Å². The number of para-hydroxylation sites is 1. The van der Waals surface area contributed by atoms with Gasteiger partial charge in [-0.25, -0.2) is 14.8 Å². The third-order valence-electron chi connectivity index (χ3n) is 7.46. The second-order valence-electron chi connectivity index (χ2n) is 10.1. The van der Waals surface area contributed by atoms with Crippen LogP contribution in [0.3, 0.4) is 0 Å². The van der Waals surface area contributed by atoms with Crippen molar-refractivity contribution in [2.75, 3.05) is 26.3 Å². The van der Waals surface area contributed by atoms with Crippen molar-refractivity contribution in [3.05, 3.63) is 76.6 Å². The summed E-state index contributed by atoms with van der Waals surface area (Å²) in [6.07, 6.45) is 0.759. The number of amides is 1. The van der Waals surface area contributed by atoms with Crippen molar-refractivity contribution in [1.82, 2.24) is 29.7 Å². The van der Waals surface area contributed by atoms with Crippen LogP contribution in [-0.4, -0.2) is 73.6 Å². The zero-order valence-electron chi connectivity index (χ0n) is 24.2. The van der Waals surface area contributed by atoms with E-state index in [2.05, 4.69) is 22.4 Å². The first-order valence-electron chi connectivity index (χ1n) is 14.0. The normalized spacial score (nSPS) is 14.0. The predicted molar refractivity (Wildman–Crippen MR) is 156 cm³/mol. The largest absolute Gasteiger partial charge is 0.491 e. The second-order valence-corrected chi connectivity index (χ2v) is 10.1. The van der Waals surface area contributed by atoms with E-state index in [1.54, 1.807) is 44.2 Å². The summed E-state index contributed by atoms with van der Waals surface area (Å²) in [7, 11) is 1.93. The topological polar surface area (TPSA) is 147 Å². The highest BCUT2D eigenvalue weighted by atomic mass is 16.5. The molecular formula is C30H35N7O5. The lowest BCUT2D eigenvalue weighted by Gasteiger charge is -2.26. The molecule has 0 radical (unpaired) electrons. The molecule has 0 saturated carbocycles. The number of imidazole rings is 2. The number of oxime groups is 1. The molecule has 0 spiro atoms. The minimum absolute atomic E-state index is 0.110. The average molecular weight is 574 g/mol. The number of rotatable bonds is 9. The molecule has 1 atom stereocenters. The van der Waals surface area contributed by atoms with Crippen molar-refractivity contribution in [1.29, 1.82) is 0 Å². The van der Waals surface area contributed by atoms with Crippen LogP contribution in [0, 0.1) is 0 Å². The lowest BCUT2D eigenvalue weighted by molar-refractivity contribution is 0.0521. The summed E-state index contributed by atoms with van der Waals surface area (Å²) >= 11 is 0. The molecule has 1 aliphatic rings. The first-order valence-corrected chi connectivity index (χ1v) is 14.0. The van der Waals surface area contributed by atoms with Gasteiger partial charge in [-0.3, -0.25) is 4.79 Å². The summed E-state index contributed by atoms with van der Waals surface area (Å²) in [5, 5.41) is 15.3. The molecule has 4 aromatic rings. The van der Waals surface area contributed by atoms with Gasteiger partial charge in [-0.2, -0.15) is 0 Å². The van der Waals surface area contributed by atoms with Gasteiger partial charge in [-0.05, 0) is 51.1 Å². The van der Waals surface area contributed by atoms with Crippen molar-refractivity contribution in [2.45, 2.75) is 39.7 Å². The van der Waals surface area contributed by atoms with Gasteiger partial charge in [0.05, 0.1) is 48.0 Å². The first-order chi connectivity index (χ1) is 20.3. The molecule has 0 aliphatic carbocycles. The van der Waals surface area contributed by atoms with E-state index >= 15 is 0 Å². The molecule has 1 unspecified atom stereocenters.